The van der Waals surface area contributed by atoms with Crippen LogP contribution in [0.2, 0.25) is 5.02 Å². The zero-order chi connectivity index (χ0) is 16.6. The monoisotopic (exact) mass is 334 g/mol. The summed E-state index contributed by atoms with van der Waals surface area (Å²) in [6.45, 7) is 1.62. The van der Waals surface area contributed by atoms with Crippen molar-refractivity contribution in [3.05, 3.63) is 56.6 Å². The van der Waals surface area contributed by atoms with Gasteiger partial charge < -0.3 is 14.8 Å². The highest BCUT2D eigenvalue weighted by atomic mass is 35.5. The van der Waals surface area contributed by atoms with Gasteiger partial charge in [-0.2, -0.15) is 0 Å². The van der Waals surface area contributed by atoms with Gasteiger partial charge in [0.25, 0.3) is 11.6 Å². The largest absolute Gasteiger partial charge is 0.454 e. The number of ether oxygens (including phenoxy) is 2. The van der Waals surface area contributed by atoms with Crippen molar-refractivity contribution in [1.82, 2.24) is 0 Å². The van der Waals surface area contributed by atoms with Crippen LogP contribution in [0.25, 0.3) is 0 Å². The molecule has 1 N–H and O–H groups in total. The Morgan fingerprint density at radius 3 is 2.87 bits per heavy atom. The number of rotatable bonds is 3. The van der Waals surface area contributed by atoms with Crippen molar-refractivity contribution >= 4 is 28.9 Å². The molecule has 0 saturated carbocycles. The minimum Gasteiger partial charge on any atom is -0.454 e. The number of carbonyl (C=O) groups excluding carboxylic acids is 1. The summed E-state index contributed by atoms with van der Waals surface area (Å²) in [7, 11) is 0. The van der Waals surface area contributed by atoms with E-state index in [1.165, 1.54) is 24.3 Å². The van der Waals surface area contributed by atoms with E-state index in [2.05, 4.69) is 5.32 Å². The highest BCUT2D eigenvalue weighted by Crippen LogP contribution is 2.40. The third-order valence-corrected chi connectivity index (χ3v) is 3.72. The lowest BCUT2D eigenvalue weighted by Crippen LogP contribution is -2.13. The molecule has 1 amide bonds. The molecule has 2 aromatic rings. The first-order valence-corrected chi connectivity index (χ1v) is 6.99. The van der Waals surface area contributed by atoms with Crippen molar-refractivity contribution in [3.63, 3.8) is 0 Å². The Bertz CT molecular complexity index is 822. The van der Waals surface area contributed by atoms with Crippen LogP contribution in [0.5, 0.6) is 11.5 Å². The van der Waals surface area contributed by atoms with E-state index in [1.807, 2.05) is 0 Å². The number of carbonyl (C=O) groups is 1. The molecule has 7 nitrogen and oxygen atoms in total. The van der Waals surface area contributed by atoms with E-state index >= 15 is 0 Å². The minimum atomic E-state index is -0.498. The van der Waals surface area contributed by atoms with Gasteiger partial charge in [0.1, 0.15) is 0 Å². The maximum Gasteiger partial charge on any atom is 0.274 e. The maximum atomic E-state index is 12.4. The Labute approximate surface area is 135 Å². The number of anilines is 1. The average molecular weight is 335 g/mol. The number of benzene rings is 2. The van der Waals surface area contributed by atoms with Gasteiger partial charge in [0.15, 0.2) is 11.5 Å². The fraction of sp³-hybridized carbons (Fsp3) is 0.133. The maximum absolute atomic E-state index is 12.4. The van der Waals surface area contributed by atoms with Gasteiger partial charge in [0, 0.05) is 11.6 Å². The Morgan fingerprint density at radius 1 is 1.35 bits per heavy atom. The Kier molecular flexibility index (Phi) is 3.79. The van der Waals surface area contributed by atoms with Crippen molar-refractivity contribution in [2.75, 3.05) is 12.1 Å². The molecule has 1 aliphatic rings. The normalized spacial score (nSPS) is 12.1. The smallest absolute Gasteiger partial charge is 0.274 e. The van der Waals surface area contributed by atoms with Gasteiger partial charge in [0.2, 0.25) is 6.79 Å². The molecule has 118 valence electrons. The summed E-state index contributed by atoms with van der Waals surface area (Å²) in [5.74, 6) is 0.335. The van der Waals surface area contributed by atoms with Crippen LogP contribution in [0.3, 0.4) is 0 Å². The number of hydrogen-bond acceptors (Lipinski definition) is 5. The summed E-state index contributed by atoms with van der Waals surface area (Å²) >= 11 is 6.05. The summed E-state index contributed by atoms with van der Waals surface area (Å²) in [5.41, 5.74) is 0.937. The first kappa shape index (κ1) is 15.1. The van der Waals surface area contributed by atoms with E-state index in [4.69, 9.17) is 21.1 Å². The molecule has 0 spiro atoms. The van der Waals surface area contributed by atoms with Gasteiger partial charge in [-0.15, -0.1) is 0 Å². The average Bonchev–Trinajstić information content (AvgIpc) is 2.98. The molecule has 3 rings (SSSR count). The second kappa shape index (κ2) is 5.77. The van der Waals surface area contributed by atoms with Crippen LogP contribution in [-0.2, 0) is 0 Å². The molecule has 0 saturated heterocycles. The predicted molar refractivity (Wildman–Crippen MR) is 83.4 cm³/mol. The Morgan fingerprint density at radius 2 is 2.13 bits per heavy atom. The van der Waals surface area contributed by atoms with Crippen LogP contribution in [0, 0.1) is 17.0 Å². The van der Waals surface area contributed by atoms with Crippen LogP contribution in [0.4, 0.5) is 11.4 Å². The van der Waals surface area contributed by atoms with Crippen molar-refractivity contribution in [2.24, 2.45) is 0 Å². The number of hydrogen-bond donors (Lipinski definition) is 1. The van der Waals surface area contributed by atoms with Crippen LogP contribution in [0.15, 0.2) is 30.3 Å². The summed E-state index contributed by atoms with van der Waals surface area (Å²) in [4.78, 5) is 22.8. The summed E-state index contributed by atoms with van der Waals surface area (Å²) in [6, 6.07) is 7.44. The van der Waals surface area contributed by atoms with Crippen molar-refractivity contribution in [3.8, 4) is 11.5 Å². The fourth-order valence-corrected chi connectivity index (χ4v) is 2.51. The highest BCUT2D eigenvalue weighted by molar-refractivity contribution is 6.32. The third-order valence-electron chi connectivity index (χ3n) is 3.44. The van der Waals surface area contributed by atoms with E-state index < -0.39 is 10.8 Å². The van der Waals surface area contributed by atoms with E-state index in [0.717, 1.165) is 0 Å². The molecule has 8 heteroatoms. The fourth-order valence-electron chi connectivity index (χ4n) is 2.25. The van der Waals surface area contributed by atoms with Crippen molar-refractivity contribution in [1.29, 1.82) is 0 Å². The SMILES string of the molecule is Cc1c(NC(=O)c2cc(Cl)c3c(c2)OCO3)cccc1[N+](=O)[O-]. The van der Waals surface area contributed by atoms with Gasteiger partial charge >= 0.3 is 0 Å². The lowest BCUT2D eigenvalue weighted by molar-refractivity contribution is -0.385. The molecule has 0 unspecified atom stereocenters. The number of halogens is 1. The third kappa shape index (κ3) is 2.78. The molecular formula is C15H11ClN2O5. The highest BCUT2D eigenvalue weighted by Gasteiger charge is 2.21. The molecule has 0 aromatic heterocycles. The Hall–Kier alpha value is -2.80. The number of amides is 1. The zero-order valence-corrected chi connectivity index (χ0v) is 12.7. The lowest BCUT2D eigenvalue weighted by Gasteiger charge is -2.09. The Balaban J connectivity index is 1.90. The van der Waals surface area contributed by atoms with E-state index in [1.54, 1.807) is 13.0 Å². The molecule has 0 atom stereocenters. The first-order chi connectivity index (χ1) is 11.0. The second-order valence-corrected chi connectivity index (χ2v) is 5.26. The zero-order valence-electron chi connectivity index (χ0n) is 12.0. The van der Waals surface area contributed by atoms with E-state index in [9.17, 15) is 14.9 Å². The van der Waals surface area contributed by atoms with Gasteiger partial charge in [-0.1, -0.05) is 17.7 Å². The van der Waals surface area contributed by atoms with Gasteiger partial charge in [0.05, 0.1) is 21.2 Å². The molecule has 23 heavy (non-hydrogen) atoms. The van der Waals surface area contributed by atoms with E-state index in [-0.39, 0.29) is 23.1 Å². The standard InChI is InChI=1S/C15H11ClN2O5/c1-8-11(3-2-4-12(8)18(20)21)17-15(19)9-5-10(16)14-13(6-9)22-7-23-14/h2-6H,7H2,1H3,(H,17,19). The number of nitrogens with one attached hydrogen (secondary N) is 1. The molecule has 0 radical (unpaired) electrons. The number of nitro groups is 1. The number of nitrogens with zero attached hydrogens (tertiary/aromatic N) is 1. The van der Waals surface area contributed by atoms with Crippen molar-refractivity contribution < 1.29 is 19.2 Å². The minimum absolute atomic E-state index is 0.0457. The molecule has 1 aliphatic heterocycles. The first-order valence-electron chi connectivity index (χ1n) is 6.62. The summed E-state index contributed by atoms with van der Waals surface area (Å²) in [5, 5.41) is 13.9. The van der Waals surface area contributed by atoms with Crippen molar-refractivity contribution in [2.45, 2.75) is 6.92 Å². The molecule has 0 bridgehead atoms. The van der Waals surface area contributed by atoms with Crippen LogP contribution in [0.1, 0.15) is 15.9 Å². The quantitative estimate of drug-likeness (QED) is 0.684. The van der Waals surface area contributed by atoms with Gasteiger partial charge in [-0.05, 0) is 25.1 Å². The second-order valence-electron chi connectivity index (χ2n) is 4.85. The molecule has 0 aliphatic carbocycles. The van der Waals surface area contributed by atoms with Gasteiger partial charge in [-0.25, -0.2) is 0 Å². The van der Waals surface area contributed by atoms with Crippen LogP contribution in [-0.4, -0.2) is 17.6 Å². The van der Waals surface area contributed by atoms with Gasteiger partial charge in [-0.3, -0.25) is 14.9 Å². The molecule has 2 aromatic carbocycles. The van der Waals surface area contributed by atoms with E-state index in [0.29, 0.717) is 22.7 Å². The topological polar surface area (TPSA) is 90.7 Å². The van der Waals surface area contributed by atoms with Crippen LogP contribution >= 0.6 is 11.6 Å². The summed E-state index contributed by atoms with van der Waals surface area (Å²) < 4.78 is 10.4. The molecular weight excluding hydrogens is 324 g/mol. The molecule has 0 fully saturated rings. The van der Waals surface area contributed by atoms with Crippen LogP contribution < -0.4 is 14.8 Å². The number of fused-ring (bicyclic) bond motifs is 1. The number of nitro benzene ring substituents is 1. The predicted octanol–water partition coefficient (Wildman–Crippen LogP) is 3.54. The summed E-state index contributed by atoms with van der Waals surface area (Å²) in [6.07, 6.45) is 0. The lowest BCUT2D eigenvalue weighted by atomic mass is 10.1. The molecule has 1 heterocycles.